The number of hydrogen-bond donors (Lipinski definition) is 0. The summed E-state index contributed by atoms with van der Waals surface area (Å²) < 4.78 is 26.9. The van der Waals surface area contributed by atoms with E-state index in [1.54, 1.807) is 0 Å². The summed E-state index contributed by atoms with van der Waals surface area (Å²) in [5.74, 6) is -3.66. The van der Waals surface area contributed by atoms with Crippen LogP contribution in [0.15, 0.2) is 6.20 Å². The first-order chi connectivity index (χ1) is 6.44. The van der Waals surface area contributed by atoms with Gasteiger partial charge in [0.1, 0.15) is 5.69 Å². The molecule has 0 saturated carbocycles. The van der Waals surface area contributed by atoms with Gasteiger partial charge in [-0.3, -0.25) is 9.59 Å². The number of aryl methyl sites for hydroxylation is 1. The molecule has 0 saturated heterocycles. The largest absolute Gasteiger partial charge is 0.347 e. The molecule has 0 aliphatic rings. The van der Waals surface area contributed by atoms with E-state index in [-0.39, 0.29) is 10.7 Å². The molecule has 14 heavy (non-hydrogen) atoms. The number of aldehydes is 2. The van der Waals surface area contributed by atoms with Crippen LogP contribution in [-0.4, -0.2) is 17.1 Å². The Morgan fingerprint density at radius 1 is 1.50 bits per heavy atom. The third-order valence-electron chi connectivity index (χ3n) is 1.78. The highest BCUT2D eigenvalue weighted by molar-refractivity contribution is 6.33. The fourth-order valence-electron chi connectivity index (χ4n) is 1.04. The average molecular weight is 222 g/mol. The van der Waals surface area contributed by atoms with Crippen molar-refractivity contribution in [3.63, 3.8) is 0 Å². The van der Waals surface area contributed by atoms with Crippen molar-refractivity contribution < 1.29 is 18.4 Å². The number of alkyl halides is 2. The maximum Gasteiger partial charge on any atom is 0.330 e. The van der Waals surface area contributed by atoms with Crippen molar-refractivity contribution in [2.75, 3.05) is 0 Å². The second-order valence-electron chi connectivity index (χ2n) is 2.71. The molecule has 0 fully saturated rings. The van der Waals surface area contributed by atoms with E-state index in [9.17, 15) is 18.4 Å². The molecule has 0 atom stereocenters. The van der Waals surface area contributed by atoms with E-state index in [2.05, 4.69) is 0 Å². The molecule has 0 amide bonds. The van der Waals surface area contributed by atoms with Crippen LogP contribution in [0.3, 0.4) is 0 Å². The monoisotopic (exact) mass is 221 g/mol. The minimum absolute atomic E-state index is 0.0804. The third-order valence-corrected chi connectivity index (χ3v) is 2.18. The van der Waals surface area contributed by atoms with Gasteiger partial charge in [0, 0.05) is 13.2 Å². The fourth-order valence-corrected chi connectivity index (χ4v) is 1.40. The molecular weight excluding hydrogens is 216 g/mol. The molecule has 0 spiro atoms. The van der Waals surface area contributed by atoms with Gasteiger partial charge in [0.25, 0.3) is 0 Å². The molecule has 0 aromatic carbocycles. The fraction of sp³-hybridized carbons (Fsp3) is 0.250. The van der Waals surface area contributed by atoms with Crippen molar-refractivity contribution in [1.82, 2.24) is 4.57 Å². The Morgan fingerprint density at radius 2 is 2.07 bits per heavy atom. The van der Waals surface area contributed by atoms with Crippen molar-refractivity contribution in [2.45, 2.75) is 5.92 Å². The van der Waals surface area contributed by atoms with Crippen LogP contribution in [0.1, 0.15) is 16.1 Å². The molecule has 0 radical (unpaired) electrons. The normalized spacial score (nSPS) is 11.4. The number of nitrogens with zero attached hydrogens (tertiary/aromatic N) is 1. The Kier molecular flexibility index (Phi) is 2.71. The van der Waals surface area contributed by atoms with E-state index in [0.717, 1.165) is 10.8 Å². The lowest BCUT2D eigenvalue weighted by Crippen LogP contribution is -2.14. The van der Waals surface area contributed by atoms with E-state index in [1.807, 2.05) is 0 Å². The zero-order valence-electron chi connectivity index (χ0n) is 7.13. The molecule has 0 unspecified atom stereocenters. The predicted molar refractivity (Wildman–Crippen MR) is 45.8 cm³/mol. The molecule has 3 nitrogen and oxygen atoms in total. The second kappa shape index (κ2) is 3.49. The van der Waals surface area contributed by atoms with Crippen LogP contribution in [0.5, 0.6) is 0 Å². The van der Waals surface area contributed by atoms with Gasteiger partial charge < -0.3 is 4.57 Å². The minimum Gasteiger partial charge on any atom is -0.347 e. The van der Waals surface area contributed by atoms with Crippen LogP contribution < -0.4 is 0 Å². The minimum atomic E-state index is -3.66. The summed E-state index contributed by atoms with van der Waals surface area (Å²) >= 11 is 5.50. The van der Waals surface area contributed by atoms with E-state index in [4.69, 9.17) is 11.6 Å². The highest BCUT2D eigenvalue weighted by atomic mass is 35.5. The van der Waals surface area contributed by atoms with Crippen LogP contribution in [0.25, 0.3) is 0 Å². The Balaban J connectivity index is 3.38. The van der Waals surface area contributed by atoms with E-state index in [0.29, 0.717) is 6.29 Å². The first-order valence-electron chi connectivity index (χ1n) is 3.58. The van der Waals surface area contributed by atoms with Crippen molar-refractivity contribution in [1.29, 1.82) is 0 Å². The van der Waals surface area contributed by atoms with E-state index < -0.39 is 17.8 Å². The van der Waals surface area contributed by atoms with Crippen LogP contribution in [-0.2, 0) is 17.8 Å². The van der Waals surface area contributed by atoms with Gasteiger partial charge in [-0.1, -0.05) is 11.6 Å². The van der Waals surface area contributed by atoms with Gasteiger partial charge in [-0.2, -0.15) is 8.78 Å². The number of carbonyl (C=O) groups excluding carboxylic acids is 2. The smallest absolute Gasteiger partial charge is 0.330 e. The Morgan fingerprint density at radius 3 is 2.43 bits per heavy atom. The van der Waals surface area contributed by atoms with E-state index >= 15 is 0 Å². The summed E-state index contributed by atoms with van der Waals surface area (Å²) in [7, 11) is 1.39. The SMILES string of the molecule is Cn1cc(C(F)(F)C=O)c(Cl)c1C=O. The lowest BCUT2D eigenvalue weighted by atomic mass is 10.2. The van der Waals surface area contributed by atoms with Gasteiger partial charge in [0.15, 0.2) is 12.6 Å². The molecule has 1 rings (SSSR count). The van der Waals surface area contributed by atoms with Crippen molar-refractivity contribution in [3.8, 4) is 0 Å². The highest BCUT2D eigenvalue weighted by Gasteiger charge is 2.36. The second-order valence-corrected chi connectivity index (χ2v) is 3.09. The van der Waals surface area contributed by atoms with Gasteiger partial charge in [0.05, 0.1) is 10.6 Å². The van der Waals surface area contributed by atoms with Crippen LogP contribution in [0, 0.1) is 0 Å². The number of rotatable bonds is 3. The standard InChI is InChI=1S/C8H6ClF2NO2/c1-12-2-5(8(10,11)4-14)7(9)6(12)3-13/h2-4H,1H3. The lowest BCUT2D eigenvalue weighted by molar-refractivity contribution is -0.130. The Labute approximate surface area is 83.3 Å². The summed E-state index contributed by atoms with van der Waals surface area (Å²) in [6, 6.07) is 0. The third kappa shape index (κ3) is 1.55. The molecule has 6 heteroatoms. The molecule has 0 N–H and O–H groups in total. The number of aromatic nitrogens is 1. The van der Waals surface area contributed by atoms with E-state index in [1.165, 1.54) is 7.05 Å². The Hall–Kier alpha value is -1.23. The topological polar surface area (TPSA) is 39.1 Å². The number of carbonyl (C=O) groups is 2. The summed E-state index contributed by atoms with van der Waals surface area (Å²) in [5.41, 5.74) is -0.734. The quantitative estimate of drug-likeness (QED) is 0.730. The molecule has 1 aromatic heterocycles. The van der Waals surface area contributed by atoms with Crippen molar-refractivity contribution >= 4 is 24.2 Å². The molecule has 0 aliphatic carbocycles. The summed E-state index contributed by atoms with van der Waals surface area (Å²) in [4.78, 5) is 20.5. The van der Waals surface area contributed by atoms with Gasteiger partial charge in [-0.25, -0.2) is 0 Å². The van der Waals surface area contributed by atoms with Crippen LogP contribution >= 0.6 is 11.6 Å². The highest BCUT2D eigenvalue weighted by Crippen LogP contribution is 2.34. The summed E-state index contributed by atoms with van der Waals surface area (Å²) in [6.07, 6.45) is 0.802. The Bertz CT molecular complexity index is 387. The van der Waals surface area contributed by atoms with Crippen LogP contribution in [0.4, 0.5) is 8.78 Å². The lowest BCUT2D eigenvalue weighted by Gasteiger charge is -2.05. The maximum absolute atomic E-state index is 12.9. The maximum atomic E-state index is 12.9. The van der Waals surface area contributed by atoms with Crippen LogP contribution in [0.2, 0.25) is 5.02 Å². The van der Waals surface area contributed by atoms with Crippen molar-refractivity contribution in [3.05, 3.63) is 22.5 Å². The van der Waals surface area contributed by atoms with Gasteiger partial charge >= 0.3 is 5.92 Å². The summed E-state index contributed by atoms with van der Waals surface area (Å²) in [6.45, 7) is 0. The zero-order valence-corrected chi connectivity index (χ0v) is 7.89. The molecule has 76 valence electrons. The molecule has 1 aromatic rings. The molecule has 1 heterocycles. The number of halogens is 3. The average Bonchev–Trinajstić information content (AvgIpc) is 2.42. The predicted octanol–water partition coefficient (Wildman–Crippen LogP) is 1.78. The first kappa shape index (κ1) is 10.8. The first-order valence-corrected chi connectivity index (χ1v) is 3.96. The summed E-state index contributed by atoms with van der Waals surface area (Å²) in [5, 5.41) is -0.389. The van der Waals surface area contributed by atoms with Gasteiger partial charge in [-0.05, 0) is 0 Å². The van der Waals surface area contributed by atoms with Gasteiger partial charge in [0.2, 0.25) is 0 Å². The molecular formula is C8H6ClF2NO2. The number of hydrogen-bond acceptors (Lipinski definition) is 2. The van der Waals surface area contributed by atoms with Crippen molar-refractivity contribution in [2.24, 2.45) is 7.05 Å². The molecule has 0 aliphatic heterocycles. The zero-order chi connectivity index (χ0) is 10.9. The van der Waals surface area contributed by atoms with Gasteiger partial charge in [-0.15, -0.1) is 0 Å². The molecule has 0 bridgehead atoms.